The first-order valence-electron chi connectivity index (χ1n) is 13.1. The largest absolute Gasteiger partial charge is 0.756 e. The highest BCUT2D eigenvalue weighted by Crippen LogP contribution is 2.44. The summed E-state index contributed by atoms with van der Waals surface area (Å²) in [4.78, 5) is 12.2. The highest BCUT2D eigenvalue weighted by atomic mass is 31.2. The number of hydrogen-bond donors (Lipinski definition) is 0. The van der Waals surface area contributed by atoms with E-state index in [0.717, 1.165) is 49.4 Å². The van der Waals surface area contributed by atoms with Crippen LogP contribution in [-0.4, -0.2) is 44.4 Å². The molecule has 0 saturated heterocycles. The molecule has 1 aliphatic carbocycles. The molecular weight excluding hydrogens is 409 g/mol. The predicted molar refractivity (Wildman–Crippen MR) is 129 cm³/mol. The Hall–Kier alpha value is 0.0700. The monoisotopic (exact) mass is 461 g/mol. The molecule has 31 heavy (non-hydrogen) atoms. The van der Waals surface area contributed by atoms with Crippen molar-refractivity contribution in [1.82, 2.24) is 0 Å². The van der Waals surface area contributed by atoms with E-state index in [2.05, 4.69) is 28.1 Å². The van der Waals surface area contributed by atoms with E-state index in [9.17, 15) is 9.46 Å². The molecule has 1 fully saturated rings. The lowest BCUT2D eigenvalue weighted by atomic mass is 9.95. The molecule has 0 aromatic rings. The van der Waals surface area contributed by atoms with Gasteiger partial charge in [-0.05, 0) is 19.3 Å². The van der Waals surface area contributed by atoms with Crippen LogP contribution in [0.15, 0.2) is 0 Å². The van der Waals surface area contributed by atoms with Crippen LogP contribution < -0.4 is 4.89 Å². The van der Waals surface area contributed by atoms with Crippen molar-refractivity contribution >= 4 is 7.82 Å². The Morgan fingerprint density at radius 3 is 1.58 bits per heavy atom. The third kappa shape index (κ3) is 12.8. The van der Waals surface area contributed by atoms with Crippen molar-refractivity contribution in [3.8, 4) is 0 Å². The maximum atomic E-state index is 12.2. The van der Waals surface area contributed by atoms with Crippen LogP contribution in [0.25, 0.3) is 0 Å². The highest BCUT2D eigenvalue weighted by molar-refractivity contribution is 7.45. The number of quaternary nitrogens is 1. The summed E-state index contributed by atoms with van der Waals surface area (Å²) in [6.45, 7) is 2.75. The molecule has 0 amide bonds. The number of phosphoric acid groups is 1. The second kappa shape index (κ2) is 15.8. The highest BCUT2D eigenvalue weighted by Gasteiger charge is 2.46. The molecule has 1 aliphatic rings. The Morgan fingerprint density at radius 2 is 1.16 bits per heavy atom. The van der Waals surface area contributed by atoms with E-state index in [-0.39, 0.29) is 18.8 Å². The summed E-state index contributed by atoms with van der Waals surface area (Å²) in [5.74, 6) is 0. The maximum Gasteiger partial charge on any atom is 0.268 e. The second-order valence-corrected chi connectivity index (χ2v) is 12.0. The van der Waals surface area contributed by atoms with Gasteiger partial charge in [-0.25, -0.2) is 0 Å². The van der Waals surface area contributed by atoms with E-state index < -0.39 is 7.82 Å². The van der Waals surface area contributed by atoms with E-state index in [4.69, 9.17) is 9.05 Å². The molecular formula is C25H52NO4P. The van der Waals surface area contributed by atoms with Crippen LogP contribution in [0.2, 0.25) is 0 Å². The third-order valence-corrected chi connectivity index (χ3v) is 8.14. The van der Waals surface area contributed by atoms with E-state index in [0.29, 0.717) is 0 Å². The molecule has 1 saturated carbocycles. The zero-order valence-electron chi connectivity index (χ0n) is 21.2. The van der Waals surface area contributed by atoms with Crippen LogP contribution in [-0.2, 0) is 13.6 Å². The average molecular weight is 462 g/mol. The van der Waals surface area contributed by atoms with E-state index >= 15 is 0 Å². The van der Waals surface area contributed by atoms with Gasteiger partial charge in [0.15, 0.2) is 0 Å². The first-order valence-corrected chi connectivity index (χ1v) is 14.6. The number of likely N-dealkylation sites (N-methyl/N-ethyl adjacent to an activating group) is 1. The molecule has 1 rings (SSSR count). The Labute approximate surface area is 193 Å². The molecule has 0 aromatic carbocycles. The maximum absolute atomic E-state index is 12.2. The number of nitrogens with zero attached hydrogens (tertiary/aromatic N) is 1. The van der Waals surface area contributed by atoms with Gasteiger partial charge in [0, 0.05) is 12.8 Å². The molecule has 0 bridgehead atoms. The standard InChI is InChI=1S/C25H52NO4P/c1-5-6-7-8-9-10-11-12-13-14-15-16-17-20-23-29-31(27,28)30-24-25(26(2,3)4)21-18-19-22-25/h5-24H2,1-4H3. The van der Waals surface area contributed by atoms with Crippen LogP contribution in [0, 0.1) is 0 Å². The van der Waals surface area contributed by atoms with Crippen LogP contribution in [0.5, 0.6) is 0 Å². The Morgan fingerprint density at radius 1 is 0.742 bits per heavy atom. The topological polar surface area (TPSA) is 58.6 Å². The summed E-state index contributed by atoms with van der Waals surface area (Å²) in [7, 11) is 2.17. The van der Waals surface area contributed by atoms with Crippen molar-refractivity contribution in [2.75, 3.05) is 34.4 Å². The smallest absolute Gasteiger partial charge is 0.268 e. The fourth-order valence-corrected chi connectivity index (χ4v) is 5.58. The number of unbranched alkanes of at least 4 members (excludes halogenated alkanes) is 13. The van der Waals surface area contributed by atoms with Gasteiger partial charge in [0.25, 0.3) is 7.82 Å². The summed E-state index contributed by atoms with van der Waals surface area (Å²) in [6, 6.07) is 0. The molecule has 0 radical (unpaired) electrons. The van der Waals surface area contributed by atoms with Crippen molar-refractivity contribution in [2.45, 2.75) is 128 Å². The normalized spacial score (nSPS) is 18.4. The fourth-order valence-electron chi connectivity index (χ4n) is 4.75. The van der Waals surface area contributed by atoms with Gasteiger partial charge in [0.05, 0.1) is 27.7 Å². The molecule has 0 heterocycles. The third-order valence-electron chi connectivity index (χ3n) is 7.20. The SMILES string of the molecule is CCCCCCCCCCCCCCCCOP(=O)([O-])OCC1([N+](C)(C)C)CCCC1. The van der Waals surface area contributed by atoms with Crippen LogP contribution >= 0.6 is 7.82 Å². The van der Waals surface area contributed by atoms with Crippen molar-refractivity contribution < 1.29 is 23.0 Å². The van der Waals surface area contributed by atoms with Gasteiger partial charge in [-0.1, -0.05) is 90.4 Å². The Kier molecular flexibility index (Phi) is 14.9. The molecule has 0 spiro atoms. The van der Waals surface area contributed by atoms with E-state index in [1.807, 2.05) is 0 Å². The summed E-state index contributed by atoms with van der Waals surface area (Å²) in [5.41, 5.74) is -0.113. The van der Waals surface area contributed by atoms with Gasteiger partial charge < -0.3 is 18.4 Å². The molecule has 0 aromatic heterocycles. The lowest BCUT2D eigenvalue weighted by molar-refractivity contribution is -0.923. The molecule has 6 heteroatoms. The second-order valence-electron chi connectivity index (χ2n) is 10.6. The summed E-state index contributed by atoms with van der Waals surface area (Å²) < 4.78 is 23.3. The van der Waals surface area contributed by atoms with E-state index in [1.165, 1.54) is 70.6 Å². The zero-order chi connectivity index (χ0) is 23.1. The summed E-state index contributed by atoms with van der Waals surface area (Å²) in [6.07, 6.45) is 22.2. The van der Waals surface area contributed by atoms with Crippen LogP contribution in [0.1, 0.15) is 122 Å². The molecule has 5 nitrogen and oxygen atoms in total. The lowest BCUT2D eigenvalue weighted by Gasteiger charge is -2.44. The Balaban J connectivity index is 1.98. The number of hydrogen-bond acceptors (Lipinski definition) is 4. The first-order chi connectivity index (χ1) is 14.7. The number of rotatable bonds is 20. The van der Waals surface area contributed by atoms with Gasteiger partial charge in [-0.2, -0.15) is 0 Å². The predicted octanol–water partition coefficient (Wildman–Crippen LogP) is 6.99. The van der Waals surface area contributed by atoms with Gasteiger partial charge in [0.1, 0.15) is 12.1 Å². The average Bonchev–Trinajstić information content (AvgIpc) is 3.20. The van der Waals surface area contributed by atoms with Gasteiger partial charge >= 0.3 is 0 Å². The Bertz CT molecular complexity index is 486. The first kappa shape index (κ1) is 29.1. The van der Waals surface area contributed by atoms with Crippen molar-refractivity contribution in [2.24, 2.45) is 0 Å². The molecule has 1 unspecified atom stereocenters. The van der Waals surface area contributed by atoms with Gasteiger partial charge in [-0.3, -0.25) is 4.57 Å². The minimum Gasteiger partial charge on any atom is -0.756 e. The van der Waals surface area contributed by atoms with E-state index in [1.54, 1.807) is 0 Å². The van der Waals surface area contributed by atoms with Gasteiger partial charge in [-0.15, -0.1) is 0 Å². The molecule has 0 aliphatic heterocycles. The quantitative estimate of drug-likeness (QED) is 0.111. The number of phosphoric ester groups is 1. The van der Waals surface area contributed by atoms with Crippen molar-refractivity contribution in [3.05, 3.63) is 0 Å². The summed E-state index contributed by atoms with van der Waals surface area (Å²) >= 11 is 0. The van der Waals surface area contributed by atoms with Crippen molar-refractivity contribution in [1.29, 1.82) is 0 Å². The molecule has 186 valence electrons. The summed E-state index contributed by atoms with van der Waals surface area (Å²) in [5, 5.41) is 0. The minimum atomic E-state index is -4.20. The zero-order valence-corrected chi connectivity index (χ0v) is 22.1. The van der Waals surface area contributed by atoms with Gasteiger partial charge in [0.2, 0.25) is 0 Å². The minimum absolute atomic E-state index is 0.113. The molecule has 1 atom stereocenters. The van der Waals surface area contributed by atoms with Crippen LogP contribution in [0.3, 0.4) is 0 Å². The van der Waals surface area contributed by atoms with Crippen LogP contribution in [0.4, 0.5) is 0 Å². The van der Waals surface area contributed by atoms with Crippen molar-refractivity contribution in [3.63, 3.8) is 0 Å². The lowest BCUT2D eigenvalue weighted by Crippen LogP contribution is -2.58. The fraction of sp³-hybridized carbons (Fsp3) is 1.00. The molecule has 0 N–H and O–H groups in total.